The van der Waals surface area contributed by atoms with E-state index in [1.54, 1.807) is 30.3 Å². The highest BCUT2D eigenvalue weighted by atomic mass is 19.4. The van der Waals surface area contributed by atoms with Crippen LogP contribution in [0.2, 0.25) is 0 Å². The van der Waals surface area contributed by atoms with Crippen molar-refractivity contribution in [1.82, 2.24) is 14.8 Å². The summed E-state index contributed by atoms with van der Waals surface area (Å²) in [5.41, 5.74) is 8.27. The molecule has 0 atom stereocenters. The third-order valence-corrected chi connectivity index (χ3v) is 5.40. The van der Waals surface area contributed by atoms with E-state index in [0.717, 1.165) is 29.9 Å². The number of alkyl halides is 3. The second kappa shape index (κ2) is 6.94. The highest BCUT2D eigenvalue weighted by Gasteiger charge is 2.38. The molecule has 156 valence electrons. The molecule has 0 spiro atoms. The van der Waals surface area contributed by atoms with Crippen molar-refractivity contribution < 1.29 is 18.0 Å². The lowest BCUT2D eigenvalue weighted by Crippen LogP contribution is -2.10. The van der Waals surface area contributed by atoms with E-state index in [1.165, 1.54) is 4.68 Å². The number of halogens is 3. The molecule has 0 radical (unpaired) electrons. The maximum atomic E-state index is 13.2. The minimum atomic E-state index is -4.47. The highest BCUT2D eigenvalue weighted by molar-refractivity contribution is 5.97. The minimum absolute atomic E-state index is 0.121. The van der Waals surface area contributed by atoms with Crippen molar-refractivity contribution in [2.24, 2.45) is 5.73 Å². The van der Waals surface area contributed by atoms with Crippen molar-refractivity contribution in [3.63, 3.8) is 0 Å². The molecule has 5 rings (SSSR count). The van der Waals surface area contributed by atoms with Crippen molar-refractivity contribution in [3.05, 3.63) is 77.6 Å². The Balaban J connectivity index is 1.49. The van der Waals surface area contributed by atoms with Crippen LogP contribution in [0.3, 0.4) is 0 Å². The summed E-state index contributed by atoms with van der Waals surface area (Å²) in [4.78, 5) is 16.0. The highest BCUT2D eigenvalue weighted by Crippen LogP contribution is 2.43. The van der Waals surface area contributed by atoms with Gasteiger partial charge >= 0.3 is 6.18 Å². The normalized spacial score (nSPS) is 14.2. The molecule has 0 aliphatic heterocycles. The number of carbonyl (C=O) groups excluding carboxylic acids is 1. The van der Waals surface area contributed by atoms with Crippen molar-refractivity contribution in [1.29, 1.82) is 0 Å². The molecule has 1 aliphatic rings. The van der Waals surface area contributed by atoms with Gasteiger partial charge in [-0.25, -0.2) is 9.67 Å². The maximum absolute atomic E-state index is 13.2. The first-order valence-corrected chi connectivity index (χ1v) is 9.78. The summed E-state index contributed by atoms with van der Waals surface area (Å²) in [6.07, 6.45) is -2.72. The van der Waals surface area contributed by atoms with Gasteiger partial charge < -0.3 is 5.73 Å². The number of hydrogen-bond acceptors (Lipinski definition) is 3. The Kier molecular flexibility index (Phi) is 4.32. The molecule has 1 fully saturated rings. The Morgan fingerprint density at radius 3 is 2.39 bits per heavy atom. The first-order chi connectivity index (χ1) is 14.8. The van der Waals surface area contributed by atoms with E-state index in [9.17, 15) is 18.0 Å². The summed E-state index contributed by atoms with van der Waals surface area (Å²) in [7, 11) is 0. The van der Waals surface area contributed by atoms with E-state index in [-0.39, 0.29) is 5.92 Å². The predicted molar refractivity (Wildman–Crippen MR) is 110 cm³/mol. The fourth-order valence-corrected chi connectivity index (χ4v) is 3.62. The summed E-state index contributed by atoms with van der Waals surface area (Å²) < 4.78 is 40.9. The molecule has 5 nitrogen and oxygen atoms in total. The first-order valence-electron chi connectivity index (χ1n) is 9.78. The van der Waals surface area contributed by atoms with Crippen LogP contribution in [0.4, 0.5) is 13.2 Å². The van der Waals surface area contributed by atoms with Crippen LogP contribution in [0.5, 0.6) is 0 Å². The van der Waals surface area contributed by atoms with Gasteiger partial charge in [0.15, 0.2) is 5.69 Å². The first kappa shape index (κ1) is 19.3. The number of benzene rings is 2. The van der Waals surface area contributed by atoms with Crippen LogP contribution in [0, 0.1) is 0 Å². The molecule has 0 saturated heterocycles. The average Bonchev–Trinajstić information content (AvgIpc) is 3.49. The molecule has 8 heteroatoms. The molecular formula is C23H17F3N4O. The van der Waals surface area contributed by atoms with Gasteiger partial charge in [-0.05, 0) is 55.3 Å². The molecule has 1 saturated carbocycles. The van der Waals surface area contributed by atoms with Crippen LogP contribution in [-0.4, -0.2) is 20.7 Å². The fraction of sp³-hybridized carbons (Fsp3) is 0.174. The van der Waals surface area contributed by atoms with Gasteiger partial charge in [-0.1, -0.05) is 18.2 Å². The zero-order chi connectivity index (χ0) is 21.8. The smallest absolute Gasteiger partial charge is 0.366 e. The van der Waals surface area contributed by atoms with Gasteiger partial charge in [0.1, 0.15) is 0 Å². The molecule has 2 heterocycles. The zero-order valence-electron chi connectivity index (χ0n) is 16.2. The van der Waals surface area contributed by atoms with E-state index >= 15 is 0 Å². The van der Waals surface area contributed by atoms with E-state index < -0.39 is 17.8 Å². The Bertz CT molecular complexity index is 1300. The van der Waals surface area contributed by atoms with Crippen LogP contribution in [0.1, 0.15) is 40.5 Å². The van der Waals surface area contributed by atoms with Crippen LogP contribution >= 0.6 is 0 Å². The van der Waals surface area contributed by atoms with Crippen molar-refractivity contribution in [2.75, 3.05) is 0 Å². The molecule has 2 N–H and O–H groups in total. The largest absolute Gasteiger partial charge is 0.435 e. The summed E-state index contributed by atoms with van der Waals surface area (Å²) >= 11 is 0. The molecule has 1 aliphatic carbocycles. The molecule has 1 amide bonds. The third-order valence-electron chi connectivity index (χ3n) is 5.40. The van der Waals surface area contributed by atoms with Crippen LogP contribution in [-0.2, 0) is 6.18 Å². The van der Waals surface area contributed by atoms with Gasteiger partial charge in [-0.3, -0.25) is 4.79 Å². The number of fused-ring (bicyclic) bond motifs is 1. The van der Waals surface area contributed by atoms with Gasteiger partial charge in [0, 0.05) is 28.1 Å². The second-order valence-electron chi connectivity index (χ2n) is 7.65. The number of rotatable bonds is 4. The summed E-state index contributed by atoms with van der Waals surface area (Å²) in [6.45, 7) is 0. The summed E-state index contributed by atoms with van der Waals surface area (Å²) in [6, 6.07) is 17.0. The van der Waals surface area contributed by atoms with Gasteiger partial charge in [0.2, 0.25) is 5.91 Å². The molecule has 2 aromatic carbocycles. The van der Waals surface area contributed by atoms with Gasteiger partial charge in [0.05, 0.1) is 16.9 Å². The molecular weight excluding hydrogens is 405 g/mol. The number of nitrogens with two attached hydrogens (primary N) is 1. The lowest BCUT2D eigenvalue weighted by atomic mass is 10.1. The number of primary amides is 1. The number of carbonyl (C=O) groups is 1. The number of hydrogen-bond donors (Lipinski definition) is 1. The van der Waals surface area contributed by atoms with Crippen molar-refractivity contribution >= 4 is 16.8 Å². The Morgan fingerprint density at radius 2 is 1.74 bits per heavy atom. The third kappa shape index (κ3) is 3.65. The zero-order valence-corrected chi connectivity index (χ0v) is 16.2. The summed E-state index contributed by atoms with van der Waals surface area (Å²) in [5.74, 6) is -0.379. The van der Waals surface area contributed by atoms with E-state index in [2.05, 4.69) is 10.1 Å². The Morgan fingerprint density at radius 1 is 1.00 bits per heavy atom. The summed E-state index contributed by atoms with van der Waals surface area (Å²) in [5, 5.41) is 4.61. The molecule has 31 heavy (non-hydrogen) atoms. The topological polar surface area (TPSA) is 73.8 Å². The maximum Gasteiger partial charge on any atom is 0.435 e. The second-order valence-corrected chi connectivity index (χ2v) is 7.65. The number of aromatic nitrogens is 3. The monoisotopic (exact) mass is 422 g/mol. The van der Waals surface area contributed by atoms with Gasteiger partial charge in [-0.15, -0.1) is 0 Å². The molecule has 4 aromatic rings. The fourth-order valence-electron chi connectivity index (χ4n) is 3.62. The van der Waals surface area contributed by atoms with Crippen LogP contribution in [0.25, 0.3) is 27.8 Å². The standard InChI is InChI=1S/C23H17F3N4O/c24-23(25,26)21-12-20(14-1-2-14)30(29-21)17-7-3-13(4-8-17)18-9-5-15-11-16(22(27)31)6-10-19(15)28-18/h3-12,14H,1-2H2,(H2,27,31). The minimum Gasteiger partial charge on any atom is -0.366 e. The van der Waals surface area contributed by atoms with E-state index in [4.69, 9.17) is 5.73 Å². The molecule has 2 aromatic heterocycles. The number of pyridine rings is 1. The number of nitrogens with zero attached hydrogens (tertiary/aromatic N) is 3. The molecule has 0 bridgehead atoms. The van der Waals surface area contributed by atoms with E-state index in [1.807, 2.05) is 24.3 Å². The average molecular weight is 422 g/mol. The lowest BCUT2D eigenvalue weighted by molar-refractivity contribution is -0.141. The van der Waals surface area contributed by atoms with Crippen LogP contribution < -0.4 is 5.73 Å². The Labute approximate surface area is 175 Å². The van der Waals surface area contributed by atoms with Crippen LogP contribution in [0.15, 0.2) is 60.7 Å². The number of amides is 1. The van der Waals surface area contributed by atoms with Gasteiger partial charge in [0.25, 0.3) is 0 Å². The quantitative estimate of drug-likeness (QED) is 0.498. The van der Waals surface area contributed by atoms with Crippen molar-refractivity contribution in [3.8, 4) is 16.9 Å². The lowest BCUT2D eigenvalue weighted by Gasteiger charge is -2.09. The Hall–Kier alpha value is -3.68. The van der Waals surface area contributed by atoms with Gasteiger partial charge in [-0.2, -0.15) is 18.3 Å². The van der Waals surface area contributed by atoms with Crippen molar-refractivity contribution in [2.45, 2.75) is 24.9 Å². The molecule has 0 unspecified atom stereocenters. The van der Waals surface area contributed by atoms with E-state index in [0.29, 0.717) is 28.2 Å². The SMILES string of the molecule is NC(=O)c1ccc2nc(-c3ccc(-n4nc(C(F)(F)F)cc4C4CC4)cc3)ccc2c1. The predicted octanol–water partition coefficient (Wildman–Crippen LogP) is 5.08.